The average Bonchev–Trinajstić information content (AvgIpc) is 3.11. The minimum atomic E-state index is -4.54. The molecule has 0 radical (unpaired) electrons. The highest BCUT2D eigenvalue weighted by molar-refractivity contribution is 5.91. The summed E-state index contributed by atoms with van der Waals surface area (Å²) >= 11 is 0. The number of hydrogen-bond acceptors (Lipinski definition) is 5. The van der Waals surface area contributed by atoms with Crippen LogP contribution in [0.25, 0.3) is 0 Å². The maximum absolute atomic E-state index is 13.1. The van der Waals surface area contributed by atoms with Crippen LogP contribution in [0.2, 0.25) is 0 Å². The van der Waals surface area contributed by atoms with E-state index >= 15 is 0 Å². The largest absolute Gasteiger partial charge is 0.408 e. The number of hydrogen-bond donors (Lipinski definition) is 3. The van der Waals surface area contributed by atoms with Crippen LogP contribution in [0.4, 0.5) is 23.8 Å². The molecule has 1 saturated heterocycles. The highest BCUT2D eigenvalue weighted by Gasteiger charge is 2.43. The fourth-order valence-corrected chi connectivity index (χ4v) is 3.92. The van der Waals surface area contributed by atoms with Gasteiger partial charge in [-0.1, -0.05) is 6.08 Å². The topological polar surface area (TPSA) is 89.6 Å². The highest BCUT2D eigenvalue weighted by atomic mass is 19.4. The first-order valence-corrected chi connectivity index (χ1v) is 9.97. The molecule has 0 saturated carbocycles. The third-order valence-electron chi connectivity index (χ3n) is 5.59. The number of halogens is 3. The number of carbonyl (C=O) groups is 2. The normalized spacial score (nSPS) is 23.3. The molecule has 3 atom stereocenters. The van der Waals surface area contributed by atoms with E-state index in [4.69, 9.17) is 0 Å². The Morgan fingerprint density at radius 1 is 1.35 bits per heavy atom. The lowest BCUT2D eigenvalue weighted by Crippen LogP contribution is -2.57. The van der Waals surface area contributed by atoms with Gasteiger partial charge in [0.1, 0.15) is 23.7 Å². The SMILES string of the molecule is Cc1ccnc(NC(=O)N2C3=C(C=CC(C(=O)N[C@H](C)C(F)(F)F)N3)N3CC[C@H]2C3)c1. The summed E-state index contributed by atoms with van der Waals surface area (Å²) in [5.74, 6) is -0.0188. The molecule has 3 amide bonds. The number of rotatable bonds is 3. The van der Waals surface area contributed by atoms with Crippen LogP contribution >= 0.6 is 0 Å². The molecular formula is C20H23F3N6O2. The van der Waals surface area contributed by atoms with E-state index in [0.29, 0.717) is 18.2 Å². The Morgan fingerprint density at radius 3 is 2.84 bits per heavy atom. The van der Waals surface area contributed by atoms with Crippen molar-refractivity contribution in [3.8, 4) is 0 Å². The fourth-order valence-electron chi connectivity index (χ4n) is 3.92. The van der Waals surface area contributed by atoms with Crippen LogP contribution in [0.3, 0.4) is 0 Å². The number of alkyl halides is 3. The number of allylic oxidation sites excluding steroid dienone is 1. The number of amides is 3. The molecule has 4 heterocycles. The van der Waals surface area contributed by atoms with Gasteiger partial charge in [-0.05, 0) is 44.0 Å². The van der Waals surface area contributed by atoms with Crippen molar-refractivity contribution < 1.29 is 22.8 Å². The summed E-state index contributed by atoms with van der Waals surface area (Å²) < 4.78 is 38.5. The minimum Gasteiger partial charge on any atom is -0.366 e. The number of pyridine rings is 1. The second-order valence-electron chi connectivity index (χ2n) is 7.89. The second kappa shape index (κ2) is 7.78. The molecule has 1 unspecified atom stereocenters. The summed E-state index contributed by atoms with van der Waals surface area (Å²) in [4.78, 5) is 33.3. The van der Waals surface area contributed by atoms with E-state index in [1.807, 2.05) is 18.3 Å². The molecular weight excluding hydrogens is 413 g/mol. The molecule has 1 fully saturated rings. The van der Waals surface area contributed by atoms with Gasteiger partial charge in [-0.25, -0.2) is 9.78 Å². The number of urea groups is 1. The van der Waals surface area contributed by atoms with Crippen molar-refractivity contribution in [3.05, 3.63) is 47.6 Å². The molecule has 2 bridgehead atoms. The minimum absolute atomic E-state index is 0.125. The number of aromatic nitrogens is 1. The van der Waals surface area contributed by atoms with Gasteiger partial charge in [-0.2, -0.15) is 13.2 Å². The first kappa shape index (κ1) is 21.0. The Morgan fingerprint density at radius 2 is 2.13 bits per heavy atom. The van der Waals surface area contributed by atoms with Gasteiger partial charge >= 0.3 is 12.2 Å². The molecule has 166 valence electrons. The number of fused-ring (bicyclic) bond motifs is 3. The van der Waals surface area contributed by atoms with E-state index in [0.717, 1.165) is 31.1 Å². The monoisotopic (exact) mass is 436 g/mol. The summed E-state index contributed by atoms with van der Waals surface area (Å²) in [6.07, 6.45) is 0.974. The molecule has 3 N–H and O–H groups in total. The maximum atomic E-state index is 13.1. The van der Waals surface area contributed by atoms with Gasteiger partial charge in [0.05, 0.1) is 11.7 Å². The van der Waals surface area contributed by atoms with Crippen LogP contribution < -0.4 is 16.0 Å². The Kier molecular flexibility index (Phi) is 5.28. The molecule has 31 heavy (non-hydrogen) atoms. The predicted molar refractivity (Wildman–Crippen MR) is 107 cm³/mol. The summed E-state index contributed by atoms with van der Waals surface area (Å²) in [6.45, 7) is 4.15. The zero-order valence-electron chi connectivity index (χ0n) is 17.0. The third kappa shape index (κ3) is 4.17. The van der Waals surface area contributed by atoms with Crippen molar-refractivity contribution >= 4 is 17.8 Å². The number of nitrogens with zero attached hydrogens (tertiary/aromatic N) is 3. The molecule has 0 aromatic carbocycles. The van der Waals surface area contributed by atoms with Gasteiger partial charge in [0, 0.05) is 19.3 Å². The van der Waals surface area contributed by atoms with Crippen LogP contribution in [0.1, 0.15) is 18.9 Å². The smallest absolute Gasteiger partial charge is 0.366 e. The van der Waals surface area contributed by atoms with E-state index in [2.05, 4.69) is 20.5 Å². The zero-order chi connectivity index (χ0) is 22.3. The molecule has 4 rings (SSSR count). The Balaban J connectivity index is 1.54. The van der Waals surface area contributed by atoms with Crippen LogP contribution in [-0.2, 0) is 4.79 Å². The van der Waals surface area contributed by atoms with E-state index in [9.17, 15) is 22.8 Å². The summed E-state index contributed by atoms with van der Waals surface area (Å²) in [7, 11) is 0. The molecule has 8 nitrogen and oxygen atoms in total. The average molecular weight is 436 g/mol. The lowest BCUT2D eigenvalue weighted by Gasteiger charge is -2.41. The van der Waals surface area contributed by atoms with E-state index in [1.165, 1.54) is 6.08 Å². The standard InChI is InChI=1S/C20H23F3N6O2/c1-11-5-7-24-16(9-11)27-19(31)29-13-6-8-28(10-13)15-4-3-14(26-17(15)29)18(30)25-12(2)20(21,22)23/h3-5,7,9,12-14,26H,6,8,10H2,1-2H3,(H,25,30)(H,24,27,31)/t12-,13+,14?/m1/s1. The fraction of sp³-hybridized carbons (Fsp3) is 0.450. The molecule has 0 spiro atoms. The number of aryl methyl sites for hydroxylation is 1. The molecule has 3 aliphatic heterocycles. The van der Waals surface area contributed by atoms with Gasteiger partial charge in [0.25, 0.3) is 0 Å². The lowest BCUT2D eigenvalue weighted by molar-refractivity contribution is -0.158. The molecule has 3 aliphatic rings. The van der Waals surface area contributed by atoms with Crippen LogP contribution in [0.15, 0.2) is 42.0 Å². The van der Waals surface area contributed by atoms with Gasteiger partial charge < -0.3 is 15.5 Å². The van der Waals surface area contributed by atoms with E-state index in [1.54, 1.807) is 23.2 Å². The van der Waals surface area contributed by atoms with Crippen LogP contribution in [-0.4, -0.2) is 64.1 Å². The number of carbonyl (C=O) groups excluding carboxylic acids is 2. The van der Waals surface area contributed by atoms with Gasteiger partial charge in [-0.3, -0.25) is 15.0 Å². The van der Waals surface area contributed by atoms with Gasteiger partial charge in [0.15, 0.2) is 0 Å². The molecule has 0 aliphatic carbocycles. The van der Waals surface area contributed by atoms with Gasteiger partial charge in [-0.15, -0.1) is 0 Å². The Hall–Kier alpha value is -3.24. The number of dihydropyridines is 1. The summed E-state index contributed by atoms with van der Waals surface area (Å²) in [6, 6.07) is -0.00686. The quantitative estimate of drug-likeness (QED) is 0.675. The van der Waals surface area contributed by atoms with E-state index < -0.39 is 30.2 Å². The van der Waals surface area contributed by atoms with Crippen LogP contribution in [0.5, 0.6) is 0 Å². The predicted octanol–water partition coefficient (Wildman–Crippen LogP) is 2.08. The third-order valence-corrected chi connectivity index (χ3v) is 5.59. The van der Waals surface area contributed by atoms with Gasteiger partial charge in [0.2, 0.25) is 5.91 Å². The Bertz CT molecular complexity index is 960. The number of anilines is 1. The van der Waals surface area contributed by atoms with Crippen molar-refractivity contribution in [1.29, 1.82) is 0 Å². The lowest BCUT2D eigenvalue weighted by atomic mass is 10.1. The second-order valence-corrected chi connectivity index (χ2v) is 7.89. The van der Waals surface area contributed by atoms with E-state index in [-0.39, 0.29) is 6.04 Å². The molecule has 1 aromatic heterocycles. The molecule has 11 heteroatoms. The molecule has 1 aromatic rings. The number of nitrogens with one attached hydrogen (secondary N) is 3. The van der Waals surface area contributed by atoms with Crippen molar-refractivity contribution in [3.63, 3.8) is 0 Å². The van der Waals surface area contributed by atoms with Crippen molar-refractivity contribution in [2.75, 3.05) is 18.4 Å². The Labute approximate surface area is 177 Å². The first-order chi connectivity index (χ1) is 14.6. The zero-order valence-corrected chi connectivity index (χ0v) is 17.0. The first-order valence-electron chi connectivity index (χ1n) is 9.97. The van der Waals surface area contributed by atoms with Crippen molar-refractivity contribution in [1.82, 2.24) is 25.4 Å². The maximum Gasteiger partial charge on any atom is 0.408 e. The summed E-state index contributed by atoms with van der Waals surface area (Å²) in [5.41, 5.74) is 1.67. The summed E-state index contributed by atoms with van der Waals surface area (Å²) in [5, 5.41) is 7.70. The highest BCUT2D eigenvalue weighted by Crippen LogP contribution is 2.33. The van der Waals surface area contributed by atoms with Crippen LogP contribution in [0, 0.1) is 6.92 Å². The van der Waals surface area contributed by atoms with Crippen molar-refractivity contribution in [2.45, 2.75) is 44.6 Å². The van der Waals surface area contributed by atoms with Crippen molar-refractivity contribution in [2.24, 2.45) is 0 Å².